The number of nitrogens with zero attached hydrogens (tertiary/aromatic N) is 1. The summed E-state index contributed by atoms with van der Waals surface area (Å²) in [5, 5.41) is 3.59. The molecule has 0 saturated heterocycles. The molecule has 1 N–H and O–H groups in total. The van der Waals surface area contributed by atoms with Crippen molar-refractivity contribution in [2.75, 3.05) is 19.6 Å². The molecular formula is C14H30N2. The Morgan fingerprint density at radius 1 is 1.06 bits per heavy atom. The van der Waals surface area contributed by atoms with Crippen LogP contribution in [0.3, 0.4) is 0 Å². The van der Waals surface area contributed by atoms with E-state index in [1.165, 1.54) is 51.6 Å². The lowest BCUT2D eigenvalue weighted by Crippen LogP contribution is -2.42. The summed E-state index contributed by atoms with van der Waals surface area (Å²) in [6.07, 6.45) is 8.23. The van der Waals surface area contributed by atoms with E-state index in [1.807, 2.05) is 0 Å². The largest absolute Gasteiger partial charge is 0.314 e. The van der Waals surface area contributed by atoms with Gasteiger partial charge in [0, 0.05) is 12.1 Å². The maximum atomic E-state index is 3.59. The zero-order valence-electron chi connectivity index (χ0n) is 11.5. The lowest BCUT2D eigenvalue weighted by Gasteiger charge is -2.36. The van der Waals surface area contributed by atoms with Crippen LogP contribution in [0.15, 0.2) is 0 Å². The Hall–Kier alpha value is -0.0800. The predicted octanol–water partition coefficient (Wildman–Crippen LogP) is 3.03. The highest BCUT2D eigenvalue weighted by Gasteiger charge is 2.23. The second-order valence-corrected chi connectivity index (χ2v) is 5.05. The van der Waals surface area contributed by atoms with Crippen LogP contribution in [0.25, 0.3) is 0 Å². The van der Waals surface area contributed by atoms with Crippen molar-refractivity contribution in [2.24, 2.45) is 0 Å². The number of unbranched alkanes of at least 4 members (excludes halogenated alkanes) is 1. The maximum absolute atomic E-state index is 3.59. The van der Waals surface area contributed by atoms with Crippen molar-refractivity contribution >= 4 is 0 Å². The van der Waals surface area contributed by atoms with Gasteiger partial charge < -0.3 is 10.2 Å². The first-order chi connectivity index (χ1) is 7.81. The molecule has 2 heteroatoms. The topological polar surface area (TPSA) is 15.3 Å². The van der Waals surface area contributed by atoms with E-state index in [9.17, 15) is 0 Å². The van der Waals surface area contributed by atoms with Crippen LogP contribution < -0.4 is 5.32 Å². The SMILES string of the molecule is CCCCN(CC)C1CCC(NCC)CC1. The van der Waals surface area contributed by atoms with Crippen molar-refractivity contribution in [3.05, 3.63) is 0 Å². The van der Waals surface area contributed by atoms with E-state index in [0.717, 1.165) is 18.6 Å². The van der Waals surface area contributed by atoms with Crippen LogP contribution in [0.4, 0.5) is 0 Å². The zero-order chi connectivity index (χ0) is 11.8. The summed E-state index contributed by atoms with van der Waals surface area (Å²) in [6, 6.07) is 1.66. The van der Waals surface area contributed by atoms with Gasteiger partial charge in [0.05, 0.1) is 0 Å². The first kappa shape index (κ1) is 14.0. The van der Waals surface area contributed by atoms with Gasteiger partial charge in [0.2, 0.25) is 0 Å². The third kappa shape index (κ3) is 4.42. The number of rotatable bonds is 7. The highest BCUT2D eigenvalue weighted by Crippen LogP contribution is 2.23. The van der Waals surface area contributed by atoms with E-state index in [-0.39, 0.29) is 0 Å². The first-order valence-electron chi connectivity index (χ1n) is 7.29. The fraction of sp³-hybridized carbons (Fsp3) is 1.00. The first-order valence-corrected chi connectivity index (χ1v) is 7.29. The molecule has 0 aliphatic heterocycles. The predicted molar refractivity (Wildman–Crippen MR) is 71.9 cm³/mol. The lowest BCUT2D eigenvalue weighted by atomic mass is 9.90. The van der Waals surface area contributed by atoms with Crippen LogP contribution in [-0.4, -0.2) is 36.6 Å². The molecule has 96 valence electrons. The second kappa shape index (κ2) is 8.08. The molecule has 0 aromatic heterocycles. The number of nitrogens with one attached hydrogen (secondary N) is 1. The molecule has 0 aromatic rings. The van der Waals surface area contributed by atoms with E-state index in [2.05, 4.69) is 31.0 Å². The molecule has 1 rings (SSSR count). The third-order valence-electron chi connectivity index (χ3n) is 3.91. The van der Waals surface area contributed by atoms with Crippen LogP contribution in [0.2, 0.25) is 0 Å². The average molecular weight is 226 g/mol. The van der Waals surface area contributed by atoms with Crippen LogP contribution in [0.1, 0.15) is 59.3 Å². The molecule has 0 bridgehead atoms. The third-order valence-corrected chi connectivity index (χ3v) is 3.91. The van der Waals surface area contributed by atoms with Gasteiger partial charge in [0.1, 0.15) is 0 Å². The van der Waals surface area contributed by atoms with Crippen molar-refractivity contribution in [1.82, 2.24) is 10.2 Å². The highest BCUT2D eigenvalue weighted by atomic mass is 15.1. The summed E-state index contributed by atoms with van der Waals surface area (Å²) in [5.41, 5.74) is 0. The standard InChI is InChI=1S/C14H30N2/c1-4-7-12-16(6-3)14-10-8-13(9-11-14)15-5-2/h13-15H,4-12H2,1-3H3. The summed E-state index contributed by atoms with van der Waals surface area (Å²) >= 11 is 0. The van der Waals surface area contributed by atoms with Crippen molar-refractivity contribution in [3.63, 3.8) is 0 Å². The Kier molecular flexibility index (Phi) is 7.06. The molecule has 1 aliphatic carbocycles. The number of hydrogen-bond donors (Lipinski definition) is 1. The van der Waals surface area contributed by atoms with E-state index in [1.54, 1.807) is 0 Å². The van der Waals surface area contributed by atoms with Crippen LogP contribution in [0.5, 0.6) is 0 Å². The van der Waals surface area contributed by atoms with Gasteiger partial charge in [-0.3, -0.25) is 0 Å². The molecule has 0 radical (unpaired) electrons. The van der Waals surface area contributed by atoms with E-state index in [0.29, 0.717) is 0 Å². The van der Waals surface area contributed by atoms with Gasteiger partial charge in [0.25, 0.3) is 0 Å². The van der Waals surface area contributed by atoms with Crippen LogP contribution >= 0.6 is 0 Å². The van der Waals surface area contributed by atoms with Crippen LogP contribution in [-0.2, 0) is 0 Å². The van der Waals surface area contributed by atoms with Crippen molar-refractivity contribution < 1.29 is 0 Å². The summed E-state index contributed by atoms with van der Waals surface area (Å²) in [4.78, 5) is 2.70. The molecule has 0 atom stereocenters. The molecule has 0 amide bonds. The van der Waals surface area contributed by atoms with Crippen molar-refractivity contribution in [2.45, 2.75) is 71.4 Å². The minimum atomic E-state index is 0.797. The lowest BCUT2D eigenvalue weighted by molar-refractivity contribution is 0.148. The molecular weight excluding hydrogens is 196 g/mol. The van der Waals surface area contributed by atoms with Gasteiger partial charge in [-0.1, -0.05) is 27.2 Å². The zero-order valence-corrected chi connectivity index (χ0v) is 11.5. The molecule has 0 spiro atoms. The summed E-state index contributed by atoms with van der Waals surface area (Å²) < 4.78 is 0. The minimum absolute atomic E-state index is 0.797. The molecule has 1 aliphatic rings. The van der Waals surface area contributed by atoms with E-state index >= 15 is 0 Å². The average Bonchev–Trinajstić information content (AvgIpc) is 2.32. The fourth-order valence-corrected chi connectivity index (χ4v) is 2.89. The minimum Gasteiger partial charge on any atom is -0.314 e. The van der Waals surface area contributed by atoms with Gasteiger partial charge >= 0.3 is 0 Å². The highest BCUT2D eigenvalue weighted by molar-refractivity contribution is 4.82. The normalized spacial score (nSPS) is 26.2. The molecule has 16 heavy (non-hydrogen) atoms. The van der Waals surface area contributed by atoms with Crippen LogP contribution in [0, 0.1) is 0 Å². The smallest absolute Gasteiger partial charge is 0.00962 e. The molecule has 2 nitrogen and oxygen atoms in total. The van der Waals surface area contributed by atoms with E-state index < -0.39 is 0 Å². The monoisotopic (exact) mass is 226 g/mol. The molecule has 1 saturated carbocycles. The van der Waals surface area contributed by atoms with Gasteiger partial charge in [-0.15, -0.1) is 0 Å². The molecule has 0 aromatic carbocycles. The molecule has 1 fully saturated rings. The molecule has 0 heterocycles. The second-order valence-electron chi connectivity index (χ2n) is 5.05. The van der Waals surface area contributed by atoms with Gasteiger partial charge in [-0.05, 0) is 51.7 Å². The summed E-state index contributed by atoms with van der Waals surface area (Å²) in [7, 11) is 0. The van der Waals surface area contributed by atoms with Gasteiger partial charge in [0.15, 0.2) is 0 Å². The Balaban J connectivity index is 2.27. The van der Waals surface area contributed by atoms with Gasteiger partial charge in [-0.25, -0.2) is 0 Å². The Bertz CT molecular complexity index is 162. The Morgan fingerprint density at radius 3 is 2.25 bits per heavy atom. The maximum Gasteiger partial charge on any atom is 0.00962 e. The van der Waals surface area contributed by atoms with E-state index in [4.69, 9.17) is 0 Å². The summed E-state index contributed by atoms with van der Waals surface area (Å²) in [6.45, 7) is 10.5. The summed E-state index contributed by atoms with van der Waals surface area (Å²) in [5.74, 6) is 0. The Labute approximate surface area is 102 Å². The quantitative estimate of drug-likeness (QED) is 0.718. The molecule has 0 unspecified atom stereocenters. The number of hydrogen-bond acceptors (Lipinski definition) is 2. The van der Waals surface area contributed by atoms with Gasteiger partial charge in [-0.2, -0.15) is 0 Å². The van der Waals surface area contributed by atoms with Crippen molar-refractivity contribution in [1.29, 1.82) is 0 Å². The van der Waals surface area contributed by atoms with Crippen molar-refractivity contribution in [3.8, 4) is 0 Å². The fourth-order valence-electron chi connectivity index (χ4n) is 2.89. The Morgan fingerprint density at radius 2 is 1.75 bits per heavy atom.